The van der Waals surface area contributed by atoms with Gasteiger partial charge in [0.1, 0.15) is 24.7 Å². The number of carbonyl (C=O) groups excluding carboxylic acids is 1. The standard InChI is InChI=1S/C22H21N3O4/c1-27-19-5-3-2-4-15(19)14-24-22(26)18-12-17(8-9-23-18)25-16-6-7-20-21(13-16)29-11-10-28-20/h2-9,12-13H,10-11,14H2,1H3,(H,23,25)(H,24,26). The molecule has 2 aromatic carbocycles. The van der Waals surface area contributed by atoms with E-state index < -0.39 is 0 Å². The van der Waals surface area contributed by atoms with Crippen LogP contribution in [0.25, 0.3) is 0 Å². The average molecular weight is 391 g/mol. The highest BCUT2D eigenvalue weighted by molar-refractivity contribution is 5.93. The number of anilines is 2. The highest BCUT2D eigenvalue weighted by atomic mass is 16.6. The van der Waals surface area contributed by atoms with Crippen LogP contribution in [0.15, 0.2) is 60.8 Å². The molecule has 4 rings (SSSR count). The molecule has 7 heteroatoms. The van der Waals surface area contributed by atoms with Gasteiger partial charge in [-0.25, -0.2) is 0 Å². The molecule has 1 aliphatic heterocycles. The van der Waals surface area contributed by atoms with Gasteiger partial charge in [0, 0.05) is 35.7 Å². The highest BCUT2D eigenvalue weighted by Crippen LogP contribution is 2.33. The van der Waals surface area contributed by atoms with Crippen LogP contribution in [0.1, 0.15) is 16.1 Å². The lowest BCUT2D eigenvalue weighted by molar-refractivity contribution is 0.0945. The number of carbonyl (C=O) groups is 1. The number of hydrogen-bond acceptors (Lipinski definition) is 6. The first-order valence-corrected chi connectivity index (χ1v) is 9.26. The van der Waals surface area contributed by atoms with E-state index in [1.807, 2.05) is 42.5 Å². The van der Waals surface area contributed by atoms with Gasteiger partial charge in [0.25, 0.3) is 5.91 Å². The van der Waals surface area contributed by atoms with E-state index in [-0.39, 0.29) is 5.91 Å². The molecule has 29 heavy (non-hydrogen) atoms. The van der Waals surface area contributed by atoms with Crippen molar-refractivity contribution in [1.29, 1.82) is 0 Å². The number of fused-ring (bicyclic) bond motifs is 1. The van der Waals surface area contributed by atoms with Crippen molar-refractivity contribution in [3.8, 4) is 17.2 Å². The second kappa shape index (κ2) is 8.52. The fourth-order valence-electron chi connectivity index (χ4n) is 3.04. The lowest BCUT2D eigenvalue weighted by Gasteiger charge is -2.19. The number of ether oxygens (including phenoxy) is 3. The van der Waals surface area contributed by atoms with Gasteiger partial charge in [-0.05, 0) is 30.3 Å². The Balaban J connectivity index is 1.43. The number of para-hydroxylation sites is 1. The summed E-state index contributed by atoms with van der Waals surface area (Å²) >= 11 is 0. The lowest BCUT2D eigenvalue weighted by Crippen LogP contribution is -2.24. The molecule has 0 aliphatic carbocycles. The quantitative estimate of drug-likeness (QED) is 0.669. The number of rotatable bonds is 6. The average Bonchev–Trinajstić information content (AvgIpc) is 2.77. The summed E-state index contributed by atoms with van der Waals surface area (Å²) in [5.41, 5.74) is 2.80. The third-order valence-corrected chi connectivity index (χ3v) is 4.46. The number of nitrogens with zero attached hydrogens (tertiary/aromatic N) is 1. The second-order valence-electron chi connectivity index (χ2n) is 6.41. The Morgan fingerprint density at radius 3 is 2.69 bits per heavy atom. The normalized spacial score (nSPS) is 12.2. The lowest BCUT2D eigenvalue weighted by atomic mass is 10.2. The summed E-state index contributed by atoms with van der Waals surface area (Å²) in [6, 6.07) is 16.7. The van der Waals surface area contributed by atoms with Crippen molar-refractivity contribution in [3.05, 3.63) is 72.1 Å². The maximum absolute atomic E-state index is 12.5. The first kappa shape index (κ1) is 18.6. The molecule has 0 spiro atoms. The van der Waals surface area contributed by atoms with Crippen molar-refractivity contribution in [2.45, 2.75) is 6.54 Å². The molecule has 0 bridgehead atoms. The Kier molecular flexibility index (Phi) is 5.47. The Morgan fingerprint density at radius 2 is 1.83 bits per heavy atom. The van der Waals surface area contributed by atoms with Gasteiger partial charge in [-0.2, -0.15) is 0 Å². The fraction of sp³-hybridized carbons (Fsp3) is 0.182. The van der Waals surface area contributed by atoms with Crippen LogP contribution >= 0.6 is 0 Å². The zero-order valence-corrected chi connectivity index (χ0v) is 16.0. The molecule has 0 saturated carbocycles. The molecule has 2 N–H and O–H groups in total. The van der Waals surface area contributed by atoms with Crippen LogP contribution in [-0.2, 0) is 6.54 Å². The molecule has 7 nitrogen and oxygen atoms in total. The van der Waals surface area contributed by atoms with Gasteiger partial charge in [-0.15, -0.1) is 0 Å². The first-order valence-electron chi connectivity index (χ1n) is 9.26. The van der Waals surface area contributed by atoms with E-state index in [1.54, 1.807) is 25.4 Å². The maximum atomic E-state index is 12.5. The molecule has 1 aromatic heterocycles. The molecule has 3 aromatic rings. The molecule has 0 unspecified atom stereocenters. The van der Waals surface area contributed by atoms with E-state index >= 15 is 0 Å². The molecular weight excluding hydrogens is 370 g/mol. The first-order chi connectivity index (χ1) is 14.2. The molecular formula is C22H21N3O4. The van der Waals surface area contributed by atoms with Crippen LogP contribution in [0.5, 0.6) is 17.2 Å². The topological polar surface area (TPSA) is 81.7 Å². The third kappa shape index (κ3) is 4.40. The summed E-state index contributed by atoms with van der Waals surface area (Å²) in [5.74, 6) is 1.90. The number of methoxy groups -OCH3 is 1. The summed E-state index contributed by atoms with van der Waals surface area (Å²) < 4.78 is 16.5. The minimum Gasteiger partial charge on any atom is -0.496 e. The van der Waals surface area contributed by atoms with E-state index in [9.17, 15) is 4.79 Å². The smallest absolute Gasteiger partial charge is 0.270 e. The van der Waals surface area contributed by atoms with E-state index in [0.29, 0.717) is 31.2 Å². The predicted octanol–water partition coefficient (Wildman–Crippen LogP) is 3.54. The highest BCUT2D eigenvalue weighted by Gasteiger charge is 2.13. The largest absolute Gasteiger partial charge is 0.496 e. The number of nitrogens with one attached hydrogen (secondary N) is 2. The van der Waals surface area contributed by atoms with Crippen LogP contribution < -0.4 is 24.8 Å². The molecule has 0 atom stereocenters. The summed E-state index contributed by atoms with van der Waals surface area (Å²) in [5, 5.41) is 6.14. The fourth-order valence-corrected chi connectivity index (χ4v) is 3.04. The Bertz CT molecular complexity index is 1020. The van der Waals surface area contributed by atoms with Gasteiger partial charge in [0.15, 0.2) is 11.5 Å². The minimum absolute atomic E-state index is 0.262. The Labute approximate surface area is 168 Å². The summed E-state index contributed by atoms with van der Waals surface area (Å²) in [4.78, 5) is 16.7. The molecule has 1 amide bonds. The summed E-state index contributed by atoms with van der Waals surface area (Å²) in [7, 11) is 1.61. The van der Waals surface area contributed by atoms with Crippen molar-refractivity contribution >= 4 is 17.3 Å². The molecule has 0 saturated heterocycles. The zero-order chi connectivity index (χ0) is 20.1. The number of hydrogen-bond donors (Lipinski definition) is 2. The predicted molar refractivity (Wildman–Crippen MR) is 109 cm³/mol. The van der Waals surface area contributed by atoms with Crippen LogP contribution in [0.4, 0.5) is 11.4 Å². The Hall–Kier alpha value is -3.74. The second-order valence-corrected chi connectivity index (χ2v) is 6.41. The van der Waals surface area contributed by atoms with Crippen molar-refractivity contribution in [1.82, 2.24) is 10.3 Å². The Morgan fingerprint density at radius 1 is 1.03 bits per heavy atom. The van der Waals surface area contributed by atoms with Crippen molar-refractivity contribution in [2.75, 3.05) is 25.6 Å². The number of pyridine rings is 1. The minimum atomic E-state index is -0.262. The van der Waals surface area contributed by atoms with Gasteiger partial charge >= 0.3 is 0 Å². The van der Waals surface area contributed by atoms with Gasteiger partial charge in [0.2, 0.25) is 0 Å². The molecule has 0 radical (unpaired) electrons. The van der Waals surface area contributed by atoms with Crippen molar-refractivity contribution < 1.29 is 19.0 Å². The number of aromatic nitrogens is 1. The van der Waals surface area contributed by atoms with Crippen LogP contribution in [-0.4, -0.2) is 31.2 Å². The molecule has 0 fully saturated rings. The SMILES string of the molecule is COc1ccccc1CNC(=O)c1cc(Nc2ccc3c(c2)OCCO3)ccn1. The molecule has 148 valence electrons. The van der Waals surface area contributed by atoms with E-state index in [2.05, 4.69) is 15.6 Å². The molecule has 1 aliphatic rings. The van der Waals surface area contributed by atoms with Gasteiger partial charge in [-0.3, -0.25) is 9.78 Å². The summed E-state index contributed by atoms with van der Waals surface area (Å²) in [6.07, 6.45) is 1.60. The van der Waals surface area contributed by atoms with Crippen LogP contribution in [0.3, 0.4) is 0 Å². The van der Waals surface area contributed by atoms with Gasteiger partial charge in [-0.1, -0.05) is 18.2 Å². The van der Waals surface area contributed by atoms with Crippen LogP contribution in [0, 0.1) is 0 Å². The third-order valence-electron chi connectivity index (χ3n) is 4.46. The van der Waals surface area contributed by atoms with Crippen molar-refractivity contribution in [2.24, 2.45) is 0 Å². The van der Waals surface area contributed by atoms with Crippen molar-refractivity contribution in [3.63, 3.8) is 0 Å². The molecule has 2 heterocycles. The van der Waals surface area contributed by atoms with E-state index in [0.717, 1.165) is 28.4 Å². The number of benzene rings is 2. The van der Waals surface area contributed by atoms with E-state index in [1.165, 1.54) is 0 Å². The van der Waals surface area contributed by atoms with E-state index in [4.69, 9.17) is 14.2 Å². The number of amides is 1. The van der Waals surface area contributed by atoms with Gasteiger partial charge < -0.3 is 24.8 Å². The zero-order valence-electron chi connectivity index (χ0n) is 16.0. The van der Waals surface area contributed by atoms with Crippen LogP contribution in [0.2, 0.25) is 0 Å². The van der Waals surface area contributed by atoms with Gasteiger partial charge in [0.05, 0.1) is 7.11 Å². The summed E-state index contributed by atoms with van der Waals surface area (Å²) in [6.45, 7) is 1.43. The monoisotopic (exact) mass is 391 g/mol. The maximum Gasteiger partial charge on any atom is 0.270 e.